The number of rotatable bonds is 4. The SMILES string of the molecule is CC(C)C(C(=O)[O-])(C(=O)[O-])c1ccccc1.[Ca+2]. The van der Waals surface area contributed by atoms with Gasteiger partial charge in [-0.15, -0.1) is 0 Å². The summed E-state index contributed by atoms with van der Waals surface area (Å²) in [5, 5.41) is 22.3. The van der Waals surface area contributed by atoms with E-state index < -0.39 is 23.3 Å². The molecule has 0 aliphatic rings. The molecule has 0 saturated carbocycles. The van der Waals surface area contributed by atoms with E-state index in [0.29, 0.717) is 0 Å². The largest absolute Gasteiger partial charge is 2.00 e. The van der Waals surface area contributed by atoms with Crippen molar-refractivity contribution in [1.29, 1.82) is 0 Å². The molecule has 0 fully saturated rings. The van der Waals surface area contributed by atoms with Crippen molar-refractivity contribution < 1.29 is 19.8 Å². The van der Waals surface area contributed by atoms with Gasteiger partial charge in [-0.25, -0.2) is 0 Å². The molecular weight excluding hydrogens is 248 g/mol. The summed E-state index contributed by atoms with van der Waals surface area (Å²) in [6.07, 6.45) is 0. The van der Waals surface area contributed by atoms with E-state index in [1.54, 1.807) is 18.2 Å². The van der Waals surface area contributed by atoms with Gasteiger partial charge in [-0.1, -0.05) is 44.2 Å². The van der Waals surface area contributed by atoms with Crippen molar-refractivity contribution in [2.24, 2.45) is 5.92 Å². The number of hydrogen-bond acceptors (Lipinski definition) is 4. The summed E-state index contributed by atoms with van der Waals surface area (Å²) in [5.41, 5.74) is -1.92. The summed E-state index contributed by atoms with van der Waals surface area (Å²) in [5.74, 6) is -3.95. The molecule has 0 atom stereocenters. The van der Waals surface area contributed by atoms with Crippen LogP contribution >= 0.6 is 0 Å². The van der Waals surface area contributed by atoms with Gasteiger partial charge in [0.2, 0.25) is 0 Å². The Balaban J connectivity index is 0.00000256. The molecule has 0 aromatic heterocycles. The fraction of sp³-hybridized carbons (Fsp3) is 0.333. The number of carbonyl (C=O) groups excluding carboxylic acids is 2. The van der Waals surface area contributed by atoms with E-state index in [1.807, 2.05) is 0 Å². The van der Waals surface area contributed by atoms with Crippen molar-refractivity contribution in [1.82, 2.24) is 0 Å². The predicted molar refractivity (Wildman–Crippen MR) is 58.7 cm³/mol. The van der Waals surface area contributed by atoms with Crippen LogP contribution in [-0.4, -0.2) is 49.7 Å². The molecule has 5 heteroatoms. The molecule has 4 nitrogen and oxygen atoms in total. The maximum Gasteiger partial charge on any atom is 2.00 e. The second kappa shape index (κ2) is 6.38. The third-order valence-corrected chi connectivity index (χ3v) is 2.74. The van der Waals surface area contributed by atoms with Crippen molar-refractivity contribution in [3.63, 3.8) is 0 Å². The summed E-state index contributed by atoms with van der Waals surface area (Å²) in [6.45, 7) is 3.02. The Kier molecular flexibility index (Phi) is 6.16. The fourth-order valence-electron chi connectivity index (χ4n) is 1.82. The van der Waals surface area contributed by atoms with Crippen molar-refractivity contribution >= 4 is 49.7 Å². The van der Waals surface area contributed by atoms with E-state index >= 15 is 0 Å². The molecule has 1 rings (SSSR count). The zero-order valence-electron chi connectivity index (χ0n) is 9.80. The van der Waals surface area contributed by atoms with Crippen molar-refractivity contribution in [2.45, 2.75) is 19.3 Å². The standard InChI is InChI=1S/C12H14O4.Ca/c1-8(2)12(10(13)14,11(15)16)9-6-4-3-5-7-9;/h3-8H,1-2H3,(H,13,14)(H,15,16);/q;+2/p-2. The Hall–Kier alpha value is -0.580. The minimum Gasteiger partial charge on any atom is -0.549 e. The number of carbonyl (C=O) groups is 2. The number of carboxylic acid groups (broad SMARTS) is 2. The van der Waals surface area contributed by atoms with Crippen LogP contribution in [0.4, 0.5) is 0 Å². The first-order chi connectivity index (χ1) is 7.44. The molecule has 0 unspecified atom stereocenters. The van der Waals surface area contributed by atoms with Gasteiger partial charge in [-0.3, -0.25) is 0 Å². The molecule has 0 saturated heterocycles. The van der Waals surface area contributed by atoms with Gasteiger partial charge in [-0.2, -0.15) is 0 Å². The zero-order chi connectivity index (χ0) is 12.3. The maximum absolute atomic E-state index is 11.2. The molecule has 0 amide bonds. The van der Waals surface area contributed by atoms with Gasteiger partial charge in [0, 0.05) is 0 Å². The van der Waals surface area contributed by atoms with Gasteiger partial charge >= 0.3 is 37.7 Å². The molecule has 0 aliphatic carbocycles. The second-order valence-electron chi connectivity index (χ2n) is 3.90. The van der Waals surface area contributed by atoms with Crippen LogP contribution in [0.5, 0.6) is 0 Å². The second-order valence-corrected chi connectivity index (χ2v) is 3.90. The smallest absolute Gasteiger partial charge is 0.549 e. The van der Waals surface area contributed by atoms with E-state index in [1.165, 1.54) is 26.0 Å². The number of benzene rings is 1. The number of hydrogen-bond donors (Lipinski definition) is 0. The van der Waals surface area contributed by atoms with Crippen molar-refractivity contribution in [2.75, 3.05) is 0 Å². The van der Waals surface area contributed by atoms with E-state index in [-0.39, 0.29) is 43.3 Å². The molecule has 0 aliphatic heterocycles. The summed E-state index contributed by atoms with van der Waals surface area (Å²) < 4.78 is 0. The Morgan fingerprint density at radius 3 is 1.76 bits per heavy atom. The first-order valence-electron chi connectivity index (χ1n) is 4.92. The summed E-state index contributed by atoms with van der Waals surface area (Å²) in [4.78, 5) is 22.3. The fourth-order valence-corrected chi connectivity index (χ4v) is 1.82. The summed E-state index contributed by atoms with van der Waals surface area (Å²) in [7, 11) is 0. The van der Waals surface area contributed by atoms with Crippen LogP contribution in [0.1, 0.15) is 19.4 Å². The quantitative estimate of drug-likeness (QED) is 0.498. The monoisotopic (exact) mass is 260 g/mol. The Bertz CT molecular complexity index is 386. The first-order valence-corrected chi connectivity index (χ1v) is 4.92. The van der Waals surface area contributed by atoms with Crippen LogP contribution in [0.15, 0.2) is 30.3 Å². The third-order valence-electron chi connectivity index (χ3n) is 2.74. The average molecular weight is 260 g/mol. The van der Waals surface area contributed by atoms with Crippen LogP contribution in [0.2, 0.25) is 0 Å². The molecule has 1 aromatic rings. The van der Waals surface area contributed by atoms with Crippen molar-refractivity contribution in [3.05, 3.63) is 35.9 Å². The molecule has 1 aromatic carbocycles. The first kappa shape index (κ1) is 16.4. The molecule has 86 valence electrons. The van der Waals surface area contributed by atoms with Gasteiger partial charge < -0.3 is 19.8 Å². The van der Waals surface area contributed by atoms with E-state index in [0.717, 1.165) is 0 Å². The van der Waals surface area contributed by atoms with E-state index in [9.17, 15) is 19.8 Å². The molecule has 0 radical (unpaired) electrons. The van der Waals surface area contributed by atoms with E-state index in [4.69, 9.17) is 0 Å². The zero-order valence-corrected chi connectivity index (χ0v) is 12.0. The van der Waals surface area contributed by atoms with Crippen LogP contribution < -0.4 is 10.2 Å². The van der Waals surface area contributed by atoms with E-state index in [2.05, 4.69) is 0 Å². The van der Waals surface area contributed by atoms with Crippen LogP contribution in [0, 0.1) is 5.92 Å². The topological polar surface area (TPSA) is 80.3 Å². The van der Waals surface area contributed by atoms with Gasteiger partial charge in [0.15, 0.2) is 0 Å². The molecule has 0 bridgehead atoms. The molecule has 0 N–H and O–H groups in total. The van der Waals surface area contributed by atoms with Crippen LogP contribution in [0.3, 0.4) is 0 Å². The van der Waals surface area contributed by atoms with Crippen LogP contribution in [0.25, 0.3) is 0 Å². The van der Waals surface area contributed by atoms with Gasteiger partial charge in [0.05, 0.1) is 17.4 Å². The number of aliphatic carboxylic acids is 2. The normalized spacial score (nSPS) is 10.8. The molecular formula is C12H12CaO4. The summed E-state index contributed by atoms with van der Waals surface area (Å²) >= 11 is 0. The number of carboxylic acids is 2. The third kappa shape index (κ3) is 2.81. The molecule has 0 spiro atoms. The van der Waals surface area contributed by atoms with Gasteiger partial charge in [-0.05, 0) is 11.5 Å². The Morgan fingerprint density at radius 1 is 1.06 bits per heavy atom. The summed E-state index contributed by atoms with van der Waals surface area (Å²) in [6, 6.07) is 7.74. The molecule has 17 heavy (non-hydrogen) atoms. The Morgan fingerprint density at radius 2 is 1.47 bits per heavy atom. The Labute approximate surface area is 130 Å². The molecule has 0 heterocycles. The van der Waals surface area contributed by atoms with Crippen molar-refractivity contribution in [3.8, 4) is 0 Å². The minimum absolute atomic E-state index is 0. The van der Waals surface area contributed by atoms with Crippen LogP contribution in [-0.2, 0) is 15.0 Å². The van der Waals surface area contributed by atoms with Gasteiger partial charge in [0.25, 0.3) is 0 Å². The predicted octanol–water partition coefficient (Wildman–Crippen LogP) is -1.30. The minimum atomic E-state index is -2.10. The average Bonchev–Trinajstić information content (AvgIpc) is 2.18. The maximum atomic E-state index is 11.2. The van der Waals surface area contributed by atoms with Gasteiger partial charge in [0.1, 0.15) is 0 Å².